The standard InChI is InChI=1S/C17H13ClFNO4S2/c1-20-26(22,23)10-6-7-13(19)12(8-10)17(21)24-9-15-16(18)11-4-2-3-5-14(11)25-15/h2-8,20H,9H2,1H3. The lowest BCUT2D eigenvalue weighted by Crippen LogP contribution is -2.19. The Bertz CT molecular complexity index is 1100. The van der Waals surface area contributed by atoms with Crippen LogP contribution in [-0.4, -0.2) is 21.4 Å². The van der Waals surface area contributed by atoms with Gasteiger partial charge in [0, 0.05) is 10.1 Å². The zero-order valence-corrected chi connectivity index (χ0v) is 15.8. The quantitative estimate of drug-likeness (QED) is 0.642. The van der Waals surface area contributed by atoms with E-state index in [1.807, 2.05) is 24.3 Å². The van der Waals surface area contributed by atoms with E-state index in [-0.39, 0.29) is 11.5 Å². The van der Waals surface area contributed by atoms with Crippen molar-refractivity contribution in [3.8, 4) is 0 Å². The van der Waals surface area contributed by atoms with Crippen molar-refractivity contribution >= 4 is 49.0 Å². The van der Waals surface area contributed by atoms with Crippen molar-refractivity contribution in [3.63, 3.8) is 0 Å². The van der Waals surface area contributed by atoms with Gasteiger partial charge in [-0.15, -0.1) is 11.3 Å². The van der Waals surface area contributed by atoms with Crippen LogP contribution in [0.5, 0.6) is 0 Å². The molecule has 0 atom stereocenters. The Morgan fingerprint density at radius 1 is 1.27 bits per heavy atom. The number of halogens is 2. The number of esters is 1. The van der Waals surface area contributed by atoms with Crippen LogP contribution in [0.3, 0.4) is 0 Å². The molecule has 0 bridgehead atoms. The van der Waals surface area contributed by atoms with E-state index in [2.05, 4.69) is 4.72 Å². The summed E-state index contributed by atoms with van der Waals surface area (Å²) < 4.78 is 45.7. The van der Waals surface area contributed by atoms with Crippen molar-refractivity contribution in [3.05, 3.63) is 63.7 Å². The number of ether oxygens (including phenoxy) is 1. The fraction of sp³-hybridized carbons (Fsp3) is 0.118. The van der Waals surface area contributed by atoms with Gasteiger partial charge in [0.25, 0.3) is 0 Å². The Balaban J connectivity index is 1.84. The maximum absolute atomic E-state index is 13.9. The van der Waals surface area contributed by atoms with Gasteiger partial charge in [0.1, 0.15) is 12.4 Å². The van der Waals surface area contributed by atoms with E-state index in [0.717, 1.165) is 28.3 Å². The van der Waals surface area contributed by atoms with Crippen LogP contribution in [0.25, 0.3) is 10.1 Å². The van der Waals surface area contributed by atoms with Crippen LogP contribution in [0.15, 0.2) is 47.4 Å². The molecular formula is C17H13ClFNO4S2. The third-order valence-corrected chi connectivity index (χ3v) is 6.77. The van der Waals surface area contributed by atoms with Crippen molar-refractivity contribution in [2.24, 2.45) is 0 Å². The van der Waals surface area contributed by atoms with Crippen LogP contribution >= 0.6 is 22.9 Å². The van der Waals surface area contributed by atoms with Crippen molar-refractivity contribution in [1.82, 2.24) is 4.72 Å². The van der Waals surface area contributed by atoms with E-state index in [0.29, 0.717) is 9.90 Å². The largest absolute Gasteiger partial charge is 0.456 e. The summed E-state index contributed by atoms with van der Waals surface area (Å²) in [6.07, 6.45) is 0. The first-order valence-electron chi connectivity index (χ1n) is 7.39. The summed E-state index contributed by atoms with van der Waals surface area (Å²) in [6, 6.07) is 10.4. The van der Waals surface area contributed by atoms with Crippen molar-refractivity contribution in [1.29, 1.82) is 0 Å². The van der Waals surface area contributed by atoms with Crippen LogP contribution in [-0.2, 0) is 21.4 Å². The summed E-state index contributed by atoms with van der Waals surface area (Å²) in [4.78, 5) is 12.6. The van der Waals surface area contributed by atoms with Crippen LogP contribution < -0.4 is 4.72 Å². The lowest BCUT2D eigenvalue weighted by Gasteiger charge is -2.07. The molecule has 0 spiro atoms. The highest BCUT2D eigenvalue weighted by Crippen LogP contribution is 2.35. The van der Waals surface area contributed by atoms with Gasteiger partial charge in [-0.2, -0.15) is 0 Å². The zero-order valence-electron chi connectivity index (χ0n) is 13.5. The molecule has 0 aliphatic rings. The van der Waals surface area contributed by atoms with Gasteiger partial charge in [0.2, 0.25) is 10.0 Å². The molecule has 0 saturated heterocycles. The molecule has 0 fully saturated rings. The number of sulfonamides is 1. The summed E-state index contributed by atoms with van der Waals surface area (Å²) in [5.74, 6) is -1.84. The summed E-state index contributed by atoms with van der Waals surface area (Å²) >= 11 is 7.65. The summed E-state index contributed by atoms with van der Waals surface area (Å²) in [5.41, 5.74) is -0.460. The van der Waals surface area contributed by atoms with E-state index in [1.54, 1.807) is 0 Å². The van der Waals surface area contributed by atoms with Gasteiger partial charge in [-0.3, -0.25) is 0 Å². The molecule has 2 aromatic carbocycles. The fourth-order valence-electron chi connectivity index (χ4n) is 2.31. The van der Waals surface area contributed by atoms with Crippen molar-refractivity contribution in [2.45, 2.75) is 11.5 Å². The molecule has 0 unspecified atom stereocenters. The summed E-state index contributed by atoms with van der Waals surface area (Å²) in [6.45, 7) is -0.139. The Labute approximate surface area is 158 Å². The number of thiophene rings is 1. The highest BCUT2D eigenvalue weighted by Gasteiger charge is 2.20. The van der Waals surface area contributed by atoms with Gasteiger partial charge in [-0.05, 0) is 31.3 Å². The van der Waals surface area contributed by atoms with Gasteiger partial charge in [-0.25, -0.2) is 22.3 Å². The minimum absolute atomic E-state index is 0.139. The second-order valence-electron chi connectivity index (χ2n) is 5.26. The van der Waals surface area contributed by atoms with E-state index in [1.165, 1.54) is 18.4 Å². The number of hydrogen-bond donors (Lipinski definition) is 1. The van der Waals surface area contributed by atoms with E-state index in [4.69, 9.17) is 16.3 Å². The molecule has 1 aromatic heterocycles. The predicted molar refractivity (Wildman–Crippen MR) is 98.6 cm³/mol. The number of nitrogens with one attached hydrogen (secondary N) is 1. The number of benzene rings is 2. The molecule has 3 rings (SSSR count). The molecule has 3 aromatic rings. The molecule has 0 saturated carbocycles. The Morgan fingerprint density at radius 3 is 2.69 bits per heavy atom. The van der Waals surface area contributed by atoms with Gasteiger partial charge >= 0.3 is 5.97 Å². The monoisotopic (exact) mass is 413 g/mol. The van der Waals surface area contributed by atoms with E-state index >= 15 is 0 Å². The fourth-order valence-corrected chi connectivity index (χ4v) is 4.47. The predicted octanol–water partition coefficient (Wildman–Crippen LogP) is 3.96. The van der Waals surface area contributed by atoms with Gasteiger partial charge in [0.05, 0.1) is 20.4 Å². The zero-order chi connectivity index (χ0) is 18.9. The molecule has 1 N–H and O–H groups in total. The molecule has 1 heterocycles. The first kappa shape index (κ1) is 18.8. The number of rotatable bonds is 5. The number of fused-ring (bicyclic) bond motifs is 1. The average molecular weight is 414 g/mol. The third-order valence-electron chi connectivity index (χ3n) is 3.67. The maximum Gasteiger partial charge on any atom is 0.341 e. The molecule has 0 aliphatic carbocycles. The topological polar surface area (TPSA) is 72.5 Å². The van der Waals surface area contributed by atoms with Gasteiger partial charge < -0.3 is 4.74 Å². The Morgan fingerprint density at radius 2 is 2.00 bits per heavy atom. The first-order chi connectivity index (χ1) is 12.3. The number of hydrogen-bond acceptors (Lipinski definition) is 5. The smallest absolute Gasteiger partial charge is 0.341 e. The SMILES string of the molecule is CNS(=O)(=O)c1ccc(F)c(C(=O)OCc2sc3ccccc3c2Cl)c1. The molecule has 0 aliphatic heterocycles. The van der Waals surface area contributed by atoms with Crippen LogP contribution in [0.2, 0.25) is 5.02 Å². The first-order valence-corrected chi connectivity index (χ1v) is 10.1. The molecule has 26 heavy (non-hydrogen) atoms. The van der Waals surface area contributed by atoms with Crippen LogP contribution in [0, 0.1) is 5.82 Å². The highest BCUT2D eigenvalue weighted by molar-refractivity contribution is 7.89. The minimum Gasteiger partial charge on any atom is -0.456 e. The lowest BCUT2D eigenvalue weighted by atomic mass is 10.2. The molecule has 9 heteroatoms. The Kier molecular flexibility index (Phi) is 5.29. The maximum atomic E-state index is 13.9. The van der Waals surface area contributed by atoms with Crippen molar-refractivity contribution in [2.75, 3.05) is 7.05 Å². The summed E-state index contributed by atoms with van der Waals surface area (Å²) in [7, 11) is -2.58. The normalized spacial score (nSPS) is 11.7. The molecule has 5 nitrogen and oxygen atoms in total. The summed E-state index contributed by atoms with van der Waals surface area (Å²) in [5, 5.41) is 1.32. The average Bonchev–Trinajstić information content (AvgIpc) is 2.96. The second-order valence-corrected chi connectivity index (χ2v) is 8.66. The number of carbonyl (C=O) groups is 1. The molecule has 0 radical (unpaired) electrons. The van der Waals surface area contributed by atoms with E-state index < -0.39 is 27.4 Å². The number of carbonyl (C=O) groups excluding carboxylic acids is 1. The van der Waals surface area contributed by atoms with Gasteiger partial charge in [0.15, 0.2) is 0 Å². The molecule has 0 amide bonds. The van der Waals surface area contributed by atoms with Crippen LogP contribution in [0.1, 0.15) is 15.2 Å². The lowest BCUT2D eigenvalue weighted by molar-refractivity contribution is 0.0471. The molecular weight excluding hydrogens is 401 g/mol. The minimum atomic E-state index is -3.81. The Hall–Kier alpha value is -2.00. The van der Waals surface area contributed by atoms with E-state index in [9.17, 15) is 17.6 Å². The highest BCUT2D eigenvalue weighted by atomic mass is 35.5. The van der Waals surface area contributed by atoms with Gasteiger partial charge in [-0.1, -0.05) is 29.8 Å². The van der Waals surface area contributed by atoms with Crippen LogP contribution in [0.4, 0.5) is 4.39 Å². The third kappa shape index (κ3) is 3.59. The molecule has 136 valence electrons. The van der Waals surface area contributed by atoms with Crippen molar-refractivity contribution < 1.29 is 22.3 Å². The second kappa shape index (κ2) is 7.32.